The molecule has 2 aromatic heterocycles. The number of alkyl halides is 1. The monoisotopic (exact) mass is 601 g/mol. The van der Waals surface area contributed by atoms with Crippen LogP contribution < -0.4 is 5.73 Å². The van der Waals surface area contributed by atoms with Gasteiger partial charge in [-0.2, -0.15) is 10.4 Å². The van der Waals surface area contributed by atoms with Gasteiger partial charge in [-0.1, -0.05) is 22.6 Å². The first kappa shape index (κ1) is 25.5. The molecule has 0 radical (unpaired) electrons. The number of pyridine rings is 1. The van der Waals surface area contributed by atoms with Crippen LogP contribution in [-0.2, 0) is 22.6 Å². The summed E-state index contributed by atoms with van der Waals surface area (Å²) in [6.07, 6.45) is 8.51. The van der Waals surface area contributed by atoms with Crippen LogP contribution in [0.25, 0.3) is 22.3 Å². The molecule has 0 atom stereocenters. The Kier molecular flexibility index (Phi) is 8.64. The van der Waals surface area contributed by atoms with Gasteiger partial charge in [0.15, 0.2) is 5.11 Å². The van der Waals surface area contributed by atoms with E-state index in [2.05, 4.69) is 45.8 Å². The van der Waals surface area contributed by atoms with Crippen molar-refractivity contribution in [2.45, 2.75) is 30.1 Å². The Balaban J connectivity index is 1.78. The summed E-state index contributed by atoms with van der Waals surface area (Å²) >= 11 is 7.67. The van der Waals surface area contributed by atoms with Gasteiger partial charge in [-0.05, 0) is 66.7 Å². The molecule has 10 heteroatoms. The summed E-state index contributed by atoms with van der Waals surface area (Å²) in [5, 5.41) is 16.8. The van der Waals surface area contributed by atoms with Gasteiger partial charge in [0, 0.05) is 48.6 Å². The molecule has 0 bridgehead atoms. The number of benzene rings is 1. The van der Waals surface area contributed by atoms with E-state index in [1.54, 1.807) is 11.3 Å². The van der Waals surface area contributed by atoms with Gasteiger partial charge in [0.25, 0.3) is 0 Å². The minimum atomic E-state index is 0.250. The number of ether oxygens (including phenoxy) is 1. The van der Waals surface area contributed by atoms with Crippen LogP contribution in [0.15, 0.2) is 35.8 Å². The number of hydrogen-bond donors (Lipinski definition) is 1. The smallest absolute Gasteiger partial charge is 0.186 e. The fourth-order valence-corrected chi connectivity index (χ4v) is 5.11. The Morgan fingerprint density at radius 3 is 2.83 bits per heavy atom. The summed E-state index contributed by atoms with van der Waals surface area (Å²) in [7, 11) is 1.95. The molecular weight excluding hydrogens is 573 g/mol. The molecule has 4 rings (SSSR count). The van der Waals surface area contributed by atoms with Crippen molar-refractivity contribution in [2.75, 3.05) is 19.8 Å². The number of thiocarbonyl (C=S) groups is 1. The van der Waals surface area contributed by atoms with E-state index >= 15 is 0 Å². The Bertz CT molecular complexity index is 1280. The van der Waals surface area contributed by atoms with Crippen LogP contribution in [0.1, 0.15) is 36.0 Å². The Labute approximate surface area is 224 Å². The maximum Gasteiger partial charge on any atom is 0.186 e. The summed E-state index contributed by atoms with van der Waals surface area (Å²) in [4.78, 5) is 9.21. The highest BCUT2D eigenvalue weighted by Gasteiger charge is 2.18. The number of halogens is 1. The third-order valence-electron chi connectivity index (χ3n) is 6.25. The van der Waals surface area contributed by atoms with Gasteiger partial charge >= 0.3 is 0 Å². The lowest BCUT2D eigenvalue weighted by Crippen LogP contribution is -2.36. The highest BCUT2D eigenvalue weighted by Crippen LogP contribution is 2.28. The predicted molar refractivity (Wildman–Crippen MR) is 150 cm³/mol. The molecule has 1 aliphatic heterocycles. The number of fused-ring (bicyclic) bond motifs is 1. The molecular formula is C25H28IN7OS. The van der Waals surface area contributed by atoms with Crippen LogP contribution in [0.5, 0.6) is 0 Å². The second kappa shape index (κ2) is 11.9. The van der Waals surface area contributed by atoms with Gasteiger partial charge in [0.1, 0.15) is 0 Å². The van der Waals surface area contributed by atoms with Crippen molar-refractivity contribution in [3.8, 4) is 17.5 Å². The number of nitriles is 1. The average molecular weight is 602 g/mol. The molecule has 3 aromatic rings. The predicted octanol–water partition coefficient (Wildman–Crippen LogP) is 4.33. The fourth-order valence-electron chi connectivity index (χ4n) is 4.28. The molecule has 35 heavy (non-hydrogen) atoms. The standard InChI is InChI=1S/C25H28IN7OS/c1-32-16-29-14-24(32)23-11-20(13-30-33(25(28)35)15-17-4-7-34-8-5-17)21-9-18(3-2-6-27)19(12-26)10-22(21)31-23/h9-11,13-14,16-17H,2-5,7-8,12,15H2,1H3,(H2,28,35)/b30-13+. The fraction of sp³-hybridized carbons (Fsp3) is 0.400. The largest absolute Gasteiger partial charge is 0.381 e. The Hall–Kier alpha value is -2.62. The molecule has 0 aliphatic carbocycles. The highest BCUT2D eigenvalue weighted by molar-refractivity contribution is 14.1. The molecule has 1 aromatic carbocycles. The van der Waals surface area contributed by atoms with E-state index < -0.39 is 0 Å². The lowest BCUT2D eigenvalue weighted by atomic mass is 9.98. The first-order chi connectivity index (χ1) is 17.0. The number of nitrogens with zero attached hydrogens (tertiary/aromatic N) is 6. The normalized spacial score (nSPS) is 14.4. The lowest BCUT2D eigenvalue weighted by Gasteiger charge is -2.26. The number of imidazole rings is 1. The minimum Gasteiger partial charge on any atom is -0.381 e. The molecule has 0 spiro atoms. The topological polar surface area (TPSA) is 105 Å². The number of hydrazone groups is 1. The average Bonchev–Trinajstić information content (AvgIpc) is 3.30. The zero-order valence-corrected chi connectivity index (χ0v) is 22.6. The van der Waals surface area contributed by atoms with Crippen LogP contribution in [0, 0.1) is 17.2 Å². The molecule has 8 nitrogen and oxygen atoms in total. The SMILES string of the molecule is Cn1cncc1-c1cc(/C=N/N(CC2CCOCC2)C(N)=S)c2cc(CCC#N)c(CI)cc2n1. The number of nitrogens with two attached hydrogens (primary N) is 1. The zero-order valence-electron chi connectivity index (χ0n) is 19.7. The Morgan fingerprint density at radius 1 is 1.37 bits per heavy atom. The lowest BCUT2D eigenvalue weighted by molar-refractivity contribution is 0.0600. The highest BCUT2D eigenvalue weighted by atomic mass is 127. The molecule has 0 unspecified atom stereocenters. The molecule has 1 aliphatic rings. The summed E-state index contributed by atoms with van der Waals surface area (Å²) in [6.45, 7) is 2.18. The number of aryl methyl sites for hydroxylation is 2. The summed E-state index contributed by atoms with van der Waals surface area (Å²) in [5.41, 5.74) is 11.9. The third kappa shape index (κ3) is 6.15. The van der Waals surface area contributed by atoms with Crippen molar-refractivity contribution in [3.05, 3.63) is 47.4 Å². The van der Waals surface area contributed by atoms with Gasteiger partial charge in [-0.3, -0.25) is 0 Å². The molecule has 1 saturated heterocycles. The first-order valence-corrected chi connectivity index (χ1v) is 13.5. The maximum atomic E-state index is 9.13. The van der Waals surface area contributed by atoms with Gasteiger partial charge in [-0.25, -0.2) is 15.0 Å². The molecule has 0 amide bonds. The van der Waals surface area contributed by atoms with Crippen LogP contribution in [0.4, 0.5) is 0 Å². The molecule has 0 saturated carbocycles. The summed E-state index contributed by atoms with van der Waals surface area (Å²) in [5.74, 6) is 0.436. The van der Waals surface area contributed by atoms with E-state index in [0.717, 1.165) is 63.9 Å². The summed E-state index contributed by atoms with van der Waals surface area (Å²) < 4.78 is 8.27. The summed E-state index contributed by atoms with van der Waals surface area (Å²) in [6, 6.07) is 8.55. The van der Waals surface area contributed by atoms with Gasteiger partial charge < -0.3 is 15.0 Å². The second-order valence-corrected chi connectivity index (χ2v) is 9.82. The first-order valence-electron chi connectivity index (χ1n) is 11.5. The van der Waals surface area contributed by atoms with E-state index in [1.807, 2.05) is 30.1 Å². The van der Waals surface area contributed by atoms with E-state index in [4.69, 9.17) is 38.0 Å². The van der Waals surface area contributed by atoms with Crippen molar-refractivity contribution >= 4 is 57.0 Å². The quantitative estimate of drug-likeness (QED) is 0.135. The third-order valence-corrected chi connectivity index (χ3v) is 7.29. The van der Waals surface area contributed by atoms with Gasteiger partial charge in [-0.15, -0.1) is 0 Å². The van der Waals surface area contributed by atoms with Crippen molar-refractivity contribution < 1.29 is 4.74 Å². The Morgan fingerprint density at radius 2 is 2.17 bits per heavy atom. The van der Waals surface area contributed by atoms with Gasteiger partial charge in [0.05, 0.1) is 41.7 Å². The molecule has 2 N–H and O–H groups in total. The van der Waals surface area contributed by atoms with E-state index in [9.17, 15) is 0 Å². The minimum absolute atomic E-state index is 0.250. The van der Waals surface area contributed by atoms with Crippen molar-refractivity contribution in [3.63, 3.8) is 0 Å². The second-order valence-electron chi connectivity index (χ2n) is 8.64. The maximum absolute atomic E-state index is 9.13. The van der Waals surface area contributed by atoms with Crippen LogP contribution >= 0.6 is 34.8 Å². The molecule has 182 valence electrons. The number of hydrogen-bond acceptors (Lipinski definition) is 6. The van der Waals surface area contributed by atoms with E-state index in [-0.39, 0.29) is 5.11 Å². The van der Waals surface area contributed by atoms with Gasteiger partial charge in [0.2, 0.25) is 0 Å². The zero-order chi connectivity index (χ0) is 24.8. The van der Waals surface area contributed by atoms with Crippen LogP contribution in [0.2, 0.25) is 0 Å². The van der Waals surface area contributed by atoms with E-state index in [0.29, 0.717) is 25.3 Å². The molecule has 1 fully saturated rings. The van der Waals surface area contributed by atoms with E-state index in [1.165, 1.54) is 5.56 Å². The van der Waals surface area contributed by atoms with Crippen LogP contribution in [-0.4, -0.2) is 50.6 Å². The van der Waals surface area contributed by atoms with Crippen LogP contribution in [0.3, 0.4) is 0 Å². The van der Waals surface area contributed by atoms with Crippen molar-refractivity contribution in [1.82, 2.24) is 19.5 Å². The number of rotatable bonds is 8. The van der Waals surface area contributed by atoms with Crippen molar-refractivity contribution in [2.24, 2.45) is 23.8 Å². The number of aromatic nitrogens is 3. The van der Waals surface area contributed by atoms with Crippen molar-refractivity contribution in [1.29, 1.82) is 5.26 Å². The molecule has 3 heterocycles.